The first-order valence-corrected chi connectivity index (χ1v) is 13.0. The predicted octanol–water partition coefficient (Wildman–Crippen LogP) is 3.12. The molecule has 1 N–H and O–H groups in total. The largest absolute Gasteiger partial charge is 0.381 e. The van der Waals surface area contributed by atoms with Gasteiger partial charge in [0.1, 0.15) is 29.9 Å². The number of aromatic nitrogens is 5. The van der Waals surface area contributed by atoms with Gasteiger partial charge in [0.05, 0.1) is 6.54 Å². The molecule has 0 radical (unpaired) electrons. The van der Waals surface area contributed by atoms with Crippen LogP contribution in [0.5, 0.6) is 0 Å². The number of rotatable bonds is 7. The molecule has 1 aliphatic heterocycles. The van der Waals surface area contributed by atoms with Crippen LogP contribution in [0.2, 0.25) is 0 Å². The van der Waals surface area contributed by atoms with Gasteiger partial charge in [-0.2, -0.15) is 9.47 Å². The van der Waals surface area contributed by atoms with Gasteiger partial charge in [0.2, 0.25) is 5.01 Å². The molecule has 38 heavy (non-hydrogen) atoms. The molecule has 2 atom stereocenters. The monoisotopic (exact) mass is 539 g/mol. The topological polar surface area (TPSA) is 100 Å². The van der Waals surface area contributed by atoms with Crippen LogP contribution >= 0.6 is 11.5 Å². The van der Waals surface area contributed by atoms with Gasteiger partial charge in [-0.05, 0) is 31.4 Å². The van der Waals surface area contributed by atoms with Crippen molar-refractivity contribution in [2.24, 2.45) is 0 Å². The van der Waals surface area contributed by atoms with Gasteiger partial charge in [-0.1, -0.05) is 35.9 Å². The van der Waals surface area contributed by atoms with Crippen molar-refractivity contribution in [3.05, 3.63) is 82.9 Å². The summed E-state index contributed by atoms with van der Waals surface area (Å²) in [6.45, 7) is 5.39. The quantitative estimate of drug-likeness (QED) is 0.385. The lowest BCUT2D eigenvalue weighted by Gasteiger charge is -2.44. The smallest absolute Gasteiger partial charge is 0.284 e. The fourth-order valence-electron chi connectivity index (χ4n) is 4.72. The minimum absolute atomic E-state index is 0.0297. The van der Waals surface area contributed by atoms with Gasteiger partial charge in [0.25, 0.3) is 5.91 Å². The van der Waals surface area contributed by atoms with Gasteiger partial charge in [-0.25, -0.2) is 23.4 Å². The third kappa shape index (κ3) is 5.19. The number of halogens is 2. The molecule has 1 aliphatic rings. The highest BCUT2D eigenvalue weighted by Crippen LogP contribution is 2.33. The molecule has 0 aliphatic carbocycles. The third-order valence-electron chi connectivity index (χ3n) is 7.03. The normalized spacial score (nSPS) is 16.8. The Labute approximate surface area is 222 Å². The highest BCUT2D eigenvalue weighted by atomic mass is 32.1. The van der Waals surface area contributed by atoms with Crippen LogP contribution in [0.25, 0.3) is 11.4 Å². The second-order valence-electron chi connectivity index (χ2n) is 9.43. The van der Waals surface area contributed by atoms with Crippen molar-refractivity contribution < 1.29 is 18.7 Å². The molecule has 198 valence electrons. The van der Waals surface area contributed by atoms with Gasteiger partial charge in [0.15, 0.2) is 5.82 Å². The number of benzene rings is 2. The van der Waals surface area contributed by atoms with Gasteiger partial charge < -0.3 is 10.0 Å². The van der Waals surface area contributed by atoms with Crippen molar-refractivity contribution in [2.45, 2.75) is 32.0 Å². The molecule has 3 heterocycles. The molecule has 9 nitrogen and oxygen atoms in total. The molecule has 4 aromatic rings. The fourth-order valence-corrected chi connectivity index (χ4v) is 5.38. The lowest BCUT2D eigenvalue weighted by molar-refractivity contribution is -0.0719. The predicted molar refractivity (Wildman–Crippen MR) is 137 cm³/mol. The molecular weight excluding hydrogens is 512 g/mol. The first kappa shape index (κ1) is 26.0. The number of nitrogens with zero attached hydrogens (tertiary/aromatic N) is 7. The Morgan fingerprint density at radius 1 is 1.13 bits per heavy atom. The standard InChI is InChI=1S/C26H27F2N7O2S/c1-17-3-5-19(6-4-17)23-31-24(38-32-23)25(36)34-11-9-33(10-12-34)18(2)26(37,14-35-16-29-15-30-35)21-8-7-20(27)13-22(21)28/h3-8,13,15-16,18,37H,9-12,14H2,1-2H3/t18-,26-/m1/s1. The van der Waals surface area contributed by atoms with E-state index < -0.39 is 23.3 Å². The summed E-state index contributed by atoms with van der Waals surface area (Å²) in [5, 5.41) is 16.2. The van der Waals surface area contributed by atoms with Crippen molar-refractivity contribution in [1.82, 2.24) is 33.9 Å². The van der Waals surface area contributed by atoms with E-state index in [1.165, 1.54) is 23.4 Å². The Bertz CT molecular complexity index is 1410. The number of aryl methyl sites for hydroxylation is 1. The Morgan fingerprint density at radius 3 is 2.53 bits per heavy atom. The molecule has 0 saturated carbocycles. The zero-order chi connectivity index (χ0) is 26.9. The van der Waals surface area contributed by atoms with Crippen molar-refractivity contribution in [3.63, 3.8) is 0 Å². The molecule has 5 rings (SSSR count). The van der Waals surface area contributed by atoms with E-state index in [1.807, 2.05) is 36.1 Å². The van der Waals surface area contributed by atoms with Crippen LogP contribution < -0.4 is 0 Å². The molecular formula is C26H27F2N7O2S. The zero-order valence-corrected chi connectivity index (χ0v) is 21.8. The lowest BCUT2D eigenvalue weighted by Crippen LogP contribution is -2.58. The van der Waals surface area contributed by atoms with E-state index in [0.29, 0.717) is 37.0 Å². The molecule has 12 heteroatoms. The van der Waals surface area contributed by atoms with Crippen molar-refractivity contribution in [3.8, 4) is 11.4 Å². The molecule has 1 fully saturated rings. The molecule has 1 amide bonds. The third-order valence-corrected chi connectivity index (χ3v) is 7.73. The van der Waals surface area contributed by atoms with Crippen LogP contribution in [0.4, 0.5) is 8.78 Å². The van der Waals surface area contributed by atoms with E-state index in [9.17, 15) is 18.7 Å². The number of carbonyl (C=O) groups is 1. The van der Waals surface area contributed by atoms with Gasteiger partial charge >= 0.3 is 0 Å². The summed E-state index contributed by atoms with van der Waals surface area (Å²) in [6, 6.07) is 10.4. The van der Waals surface area contributed by atoms with Crippen molar-refractivity contribution >= 4 is 17.4 Å². The maximum atomic E-state index is 14.9. The van der Waals surface area contributed by atoms with E-state index in [2.05, 4.69) is 19.4 Å². The molecule has 0 bridgehead atoms. The average Bonchev–Trinajstić information content (AvgIpc) is 3.61. The van der Waals surface area contributed by atoms with Gasteiger partial charge in [-0.15, -0.1) is 0 Å². The fraction of sp³-hybridized carbons (Fsp3) is 0.346. The van der Waals surface area contributed by atoms with E-state index in [4.69, 9.17) is 0 Å². The number of piperazine rings is 1. The first-order valence-electron chi connectivity index (χ1n) is 12.2. The van der Waals surface area contributed by atoms with E-state index >= 15 is 0 Å². The molecule has 2 aromatic heterocycles. The summed E-state index contributed by atoms with van der Waals surface area (Å²) in [5.41, 5.74) is 0.213. The van der Waals surface area contributed by atoms with E-state index in [1.54, 1.807) is 11.8 Å². The van der Waals surface area contributed by atoms with Crippen LogP contribution in [-0.4, -0.2) is 77.2 Å². The number of aliphatic hydroxyl groups is 1. The Hall–Kier alpha value is -3.61. The minimum Gasteiger partial charge on any atom is -0.381 e. The average molecular weight is 540 g/mol. The number of hydrogen-bond donors (Lipinski definition) is 1. The minimum atomic E-state index is -1.74. The number of amides is 1. The zero-order valence-electron chi connectivity index (χ0n) is 21.0. The molecule has 0 spiro atoms. The second-order valence-corrected chi connectivity index (χ2v) is 10.2. The van der Waals surface area contributed by atoms with Crippen LogP contribution in [0.3, 0.4) is 0 Å². The van der Waals surface area contributed by atoms with Crippen LogP contribution in [0.15, 0.2) is 55.1 Å². The summed E-state index contributed by atoms with van der Waals surface area (Å²) >= 11 is 1.07. The Balaban J connectivity index is 1.30. The SMILES string of the molecule is Cc1ccc(-c2nsc(C(=O)N3CCN([C@H](C)[C@](O)(Cn4cncn4)c4ccc(F)cc4F)CC3)n2)cc1. The summed E-state index contributed by atoms with van der Waals surface area (Å²) < 4.78 is 34.3. The summed E-state index contributed by atoms with van der Waals surface area (Å²) in [4.78, 5) is 25.2. The maximum absolute atomic E-state index is 14.9. The number of carbonyl (C=O) groups excluding carboxylic acids is 1. The van der Waals surface area contributed by atoms with Crippen molar-refractivity contribution in [2.75, 3.05) is 26.2 Å². The molecule has 0 unspecified atom stereocenters. The summed E-state index contributed by atoms with van der Waals surface area (Å²) in [5.74, 6) is -1.24. The van der Waals surface area contributed by atoms with Gasteiger partial charge in [-0.3, -0.25) is 9.69 Å². The highest BCUT2D eigenvalue weighted by Gasteiger charge is 2.43. The Morgan fingerprint density at radius 2 is 1.87 bits per heavy atom. The Kier molecular flexibility index (Phi) is 7.28. The van der Waals surface area contributed by atoms with Gasteiger partial charge in [0, 0.05) is 49.4 Å². The maximum Gasteiger partial charge on any atom is 0.284 e. The molecule has 2 aromatic carbocycles. The summed E-state index contributed by atoms with van der Waals surface area (Å²) in [7, 11) is 0. The van der Waals surface area contributed by atoms with Crippen LogP contribution in [-0.2, 0) is 12.1 Å². The van der Waals surface area contributed by atoms with E-state index in [-0.39, 0.29) is 18.0 Å². The molecule has 1 saturated heterocycles. The van der Waals surface area contributed by atoms with Crippen molar-refractivity contribution in [1.29, 1.82) is 0 Å². The lowest BCUT2D eigenvalue weighted by atomic mass is 9.85. The highest BCUT2D eigenvalue weighted by molar-refractivity contribution is 7.07. The van der Waals surface area contributed by atoms with Crippen LogP contribution in [0, 0.1) is 18.6 Å². The number of hydrogen-bond acceptors (Lipinski definition) is 8. The van der Waals surface area contributed by atoms with Crippen LogP contribution in [0.1, 0.15) is 27.9 Å². The second kappa shape index (κ2) is 10.6. The summed E-state index contributed by atoms with van der Waals surface area (Å²) in [6.07, 6.45) is 2.76. The van der Waals surface area contributed by atoms with E-state index in [0.717, 1.165) is 34.8 Å². The first-order chi connectivity index (χ1) is 18.2.